The zero-order valence-corrected chi connectivity index (χ0v) is 14.9. The molecule has 0 aromatic carbocycles. The largest absolute Gasteiger partial charge is 0.466 e. The minimum Gasteiger partial charge on any atom is -0.466 e. The molecule has 0 aliphatic carbocycles. The van der Waals surface area contributed by atoms with Gasteiger partial charge in [0, 0.05) is 17.5 Å². The van der Waals surface area contributed by atoms with Gasteiger partial charge >= 0.3 is 5.97 Å². The lowest BCUT2D eigenvalue weighted by atomic mass is 10.2. The third-order valence-corrected chi connectivity index (χ3v) is 5.27. The van der Waals surface area contributed by atoms with Gasteiger partial charge in [-0.15, -0.1) is 11.3 Å². The Morgan fingerprint density at radius 3 is 2.83 bits per heavy atom. The maximum absolute atomic E-state index is 11.5. The van der Waals surface area contributed by atoms with Crippen LogP contribution in [0.2, 0.25) is 0 Å². The van der Waals surface area contributed by atoms with Gasteiger partial charge in [-0.1, -0.05) is 18.0 Å². The van der Waals surface area contributed by atoms with E-state index in [1.165, 1.54) is 43.6 Å². The van der Waals surface area contributed by atoms with E-state index in [2.05, 4.69) is 22.2 Å². The van der Waals surface area contributed by atoms with E-state index in [1.54, 1.807) is 18.3 Å². The summed E-state index contributed by atoms with van der Waals surface area (Å²) >= 11 is 1.75. The molecule has 0 atom stereocenters. The molecule has 2 aromatic rings. The number of hydrogen-bond acceptors (Lipinski definition) is 6. The van der Waals surface area contributed by atoms with E-state index in [1.807, 2.05) is 6.07 Å². The highest BCUT2D eigenvalue weighted by Crippen LogP contribution is 2.29. The number of likely N-dealkylation sites (tertiary alicyclic amines) is 1. The monoisotopic (exact) mass is 348 g/mol. The molecule has 1 aliphatic heterocycles. The Balaban J connectivity index is 1.60. The van der Waals surface area contributed by atoms with Gasteiger partial charge in [0.25, 0.3) is 0 Å². The van der Waals surface area contributed by atoms with Crippen molar-refractivity contribution in [2.45, 2.75) is 45.6 Å². The number of ether oxygens (including phenoxy) is 1. The molecule has 0 bridgehead atoms. The maximum atomic E-state index is 11.5. The normalized spacial score (nSPS) is 16.0. The van der Waals surface area contributed by atoms with Crippen molar-refractivity contribution in [3.8, 4) is 10.6 Å². The van der Waals surface area contributed by atoms with Crippen LogP contribution in [0.15, 0.2) is 22.7 Å². The fraction of sp³-hybridized carbons (Fsp3) is 0.556. The van der Waals surface area contributed by atoms with Gasteiger partial charge in [0.05, 0.1) is 11.5 Å². The van der Waals surface area contributed by atoms with Crippen LogP contribution in [0.3, 0.4) is 0 Å². The molecule has 0 saturated carbocycles. The van der Waals surface area contributed by atoms with E-state index in [0.717, 1.165) is 17.1 Å². The molecule has 24 heavy (non-hydrogen) atoms. The molecule has 3 rings (SSSR count). The minimum absolute atomic E-state index is 0.132. The maximum Gasteiger partial charge on any atom is 0.313 e. The van der Waals surface area contributed by atoms with Crippen molar-refractivity contribution in [1.29, 1.82) is 0 Å². The Kier molecular flexibility index (Phi) is 6.04. The molecule has 5 nitrogen and oxygen atoms in total. The fourth-order valence-electron chi connectivity index (χ4n) is 2.98. The second kappa shape index (κ2) is 8.44. The van der Waals surface area contributed by atoms with Crippen LogP contribution in [0, 0.1) is 0 Å². The second-order valence-corrected chi connectivity index (χ2v) is 7.28. The molecule has 6 heteroatoms. The molecule has 1 saturated heterocycles. The molecule has 0 radical (unpaired) electrons. The lowest BCUT2D eigenvalue weighted by Crippen LogP contribution is -2.23. The minimum atomic E-state index is -0.284. The Morgan fingerprint density at radius 2 is 2.08 bits per heavy atom. The Bertz CT molecular complexity index is 657. The summed E-state index contributed by atoms with van der Waals surface area (Å²) in [7, 11) is 0. The first-order valence-corrected chi connectivity index (χ1v) is 9.49. The fourth-order valence-corrected chi connectivity index (χ4v) is 3.98. The Morgan fingerprint density at radius 1 is 1.29 bits per heavy atom. The summed E-state index contributed by atoms with van der Waals surface area (Å²) in [6, 6.07) is 6.09. The van der Waals surface area contributed by atoms with E-state index in [0.29, 0.717) is 12.4 Å². The van der Waals surface area contributed by atoms with E-state index in [4.69, 9.17) is 9.26 Å². The summed E-state index contributed by atoms with van der Waals surface area (Å²) in [5, 5.41) is 4.09. The average Bonchev–Trinajstić information content (AvgIpc) is 3.12. The highest BCUT2D eigenvalue weighted by Gasteiger charge is 2.14. The summed E-state index contributed by atoms with van der Waals surface area (Å²) < 4.78 is 10.2. The van der Waals surface area contributed by atoms with Gasteiger partial charge in [0.15, 0.2) is 0 Å². The molecular weight excluding hydrogens is 324 g/mol. The van der Waals surface area contributed by atoms with Crippen molar-refractivity contribution in [1.82, 2.24) is 10.1 Å². The molecule has 2 aromatic heterocycles. The molecule has 1 aliphatic rings. The zero-order valence-electron chi connectivity index (χ0n) is 14.1. The molecule has 1 fully saturated rings. The van der Waals surface area contributed by atoms with Crippen molar-refractivity contribution < 1.29 is 14.1 Å². The van der Waals surface area contributed by atoms with Gasteiger partial charge in [-0.3, -0.25) is 9.69 Å². The summed E-state index contributed by atoms with van der Waals surface area (Å²) in [4.78, 5) is 16.5. The van der Waals surface area contributed by atoms with Gasteiger partial charge in [-0.2, -0.15) is 0 Å². The number of rotatable bonds is 6. The quantitative estimate of drug-likeness (QED) is 0.742. The number of esters is 1. The van der Waals surface area contributed by atoms with Crippen molar-refractivity contribution in [3.63, 3.8) is 0 Å². The third kappa shape index (κ3) is 4.68. The zero-order chi connectivity index (χ0) is 16.8. The molecule has 3 heterocycles. The summed E-state index contributed by atoms with van der Waals surface area (Å²) in [5.41, 5.74) is 0.793. The first kappa shape index (κ1) is 17.2. The van der Waals surface area contributed by atoms with Crippen molar-refractivity contribution >= 4 is 17.3 Å². The third-order valence-electron chi connectivity index (χ3n) is 4.18. The van der Waals surface area contributed by atoms with Crippen LogP contribution in [0.4, 0.5) is 0 Å². The summed E-state index contributed by atoms with van der Waals surface area (Å²) in [5.74, 6) is 0.263. The first-order valence-electron chi connectivity index (χ1n) is 8.67. The van der Waals surface area contributed by atoms with Crippen LogP contribution in [0.25, 0.3) is 10.6 Å². The van der Waals surface area contributed by atoms with Crippen LogP contribution in [-0.2, 0) is 22.5 Å². The summed E-state index contributed by atoms with van der Waals surface area (Å²) in [6.45, 7) is 5.58. The number of thiophene rings is 1. The molecule has 0 spiro atoms. The molecule has 0 amide bonds. The van der Waals surface area contributed by atoms with E-state index >= 15 is 0 Å². The SMILES string of the molecule is CCOC(=O)Cc1cc(-c2ccc(CN3CCCCCC3)s2)no1. The standard InChI is InChI=1S/C18H24N2O3S/c1-2-22-18(21)12-14-11-16(19-23-14)17-8-7-15(24-17)13-20-9-5-3-4-6-10-20/h7-8,11H,2-6,9-10,12-13H2,1H3. The molecule has 0 N–H and O–H groups in total. The highest BCUT2D eigenvalue weighted by molar-refractivity contribution is 7.15. The number of carbonyl (C=O) groups excluding carboxylic acids is 1. The molecule has 0 unspecified atom stereocenters. The highest BCUT2D eigenvalue weighted by atomic mass is 32.1. The smallest absolute Gasteiger partial charge is 0.313 e. The Hall–Kier alpha value is -1.66. The van der Waals surface area contributed by atoms with Gasteiger partial charge in [-0.25, -0.2) is 0 Å². The summed E-state index contributed by atoms with van der Waals surface area (Å²) in [6.07, 6.45) is 5.45. The number of nitrogens with zero attached hydrogens (tertiary/aromatic N) is 2. The lowest BCUT2D eigenvalue weighted by Gasteiger charge is -2.18. The van der Waals surface area contributed by atoms with Gasteiger partial charge < -0.3 is 9.26 Å². The second-order valence-electron chi connectivity index (χ2n) is 6.12. The van der Waals surface area contributed by atoms with Crippen molar-refractivity contribution in [2.75, 3.05) is 19.7 Å². The van der Waals surface area contributed by atoms with Crippen LogP contribution in [0.1, 0.15) is 43.2 Å². The van der Waals surface area contributed by atoms with Crippen molar-refractivity contribution in [3.05, 3.63) is 28.8 Å². The topological polar surface area (TPSA) is 55.6 Å². The number of aromatic nitrogens is 1. The molecular formula is C18H24N2O3S. The molecule has 130 valence electrons. The van der Waals surface area contributed by atoms with Gasteiger partial charge in [0.2, 0.25) is 0 Å². The van der Waals surface area contributed by atoms with Gasteiger partial charge in [0.1, 0.15) is 17.9 Å². The van der Waals surface area contributed by atoms with E-state index in [-0.39, 0.29) is 12.4 Å². The van der Waals surface area contributed by atoms with Gasteiger partial charge in [-0.05, 0) is 45.0 Å². The predicted octanol–water partition coefficient (Wildman–Crippen LogP) is 3.88. The predicted molar refractivity (Wildman–Crippen MR) is 93.9 cm³/mol. The number of hydrogen-bond donors (Lipinski definition) is 0. The average molecular weight is 348 g/mol. The first-order chi connectivity index (χ1) is 11.7. The van der Waals surface area contributed by atoms with Crippen LogP contribution in [-0.4, -0.2) is 35.7 Å². The van der Waals surface area contributed by atoms with E-state index in [9.17, 15) is 4.79 Å². The van der Waals surface area contributed by atoms with Crippen LogP contribution in [0.5, 0.6) is 0 Å². The lowest BCUT2D eigenvalue weighted by molar-refractivity contribution is -0.142. The van der Waals surface area contributed by atoms with Crippen LogP contribution < -0.4 is 0 Å². The Labute approximate surface area is 146 Å². The van der Waals surface area contributed by atoms with Crippen LogP contribution >= 0.6 is 11.3 Å². The number of carbonyl (C=O) groups is 1. The van der Waals surface area contributed by atoms with Crippen molar-refractivity contribution in [2.24, 2.45) is 0 Å². The van der Waals surface area contributed by atoms with E-state index < -0.39 is 0 Å².